The van der Waals surface area contributed by atoms with Crippen molar-refractivity contribution >= 4 is 0 Å². The third-order valence-corrected chi connectivity index (χ3v) is 1.21. The Labute approximate surface area is 55.8 Å². The summed E-state index contributed by atoms with van der Waals surface area (Å²) in [5.74, 6) is 0. The lowest BCUT2D eigenvalue weighted by atomic mass is 10.2. The van der Waals surface area contributed by atoms with Gasteiger partial charge in [0, 0.05) is 6.20 Å². The van der Waals surface area contributed by atoms with Crippen molar-refractivity contribution in [3.63, 3.8) is 0 Å². The Balaban J connectivity index is 2.51. The Morgan fingerprint density at radius 3 is 3.11 bits per heavy atom. The molecule has 1 aliphatic heterocycles. The SMILES string of the molecule is CCCC1=C=CC=CN1. The highest BCUT2D eigenvalue weighted by atomic mass is 14.8. The predicted molar refractivity (Wildman–Crippen MR) is 38.8 cm³/mol. The average molecular weight is 121 g/mol. The maximum Gasteiger partial charge on any atom is 0.0577 e. The fourth-order valence-corrected chi connectivity index (χ4v) is 0.782. The summed E-state index contributed by atoms with van der Waals surface area (Å²) in [5, 5.41) is 3.11. The Kier molecular flexibility index (Phi) is 2.17. The number of rotatable bonds is 2. The second kappa shape index (κ2) is 3.16. The summed E-state index contributed by atoms with van der Waals surface area (Å²) in [5.41, 5.74) is 4.31. The van der Waals surface area contributed by atoms with Crippen LogP contribution in [0, 0.1) is 0 Å². The molecule has 0 aromatic heterocycles. The van der Waals surface area contributed by atoms with E-state index in [0.717, 1.165) is 6.42 Å². The second-order valence-corrected chi connectivity index (χ2v) is 2.04. The topological polar surface area (TPSA) is 12.0 Å². The van der Waals surface area contributed by atoms with Gasteiger partial charge in [-0.25, -0.2) is 0 Å². The molecule has 1 nitrogen and oxygen atoms in total. The van der Waals surface area contributed by atoms with E-state index >= 15 is 0 Å². The largest absolute Gasteiger partial charge is 0.359 e. The molecule has 1 aliphatic rings. The minimum atomic E-state index is 1.10. The van der Waals surface area contributed by atoms with E-state index < -0.39 is 0 Å². The van der Waals surface area contributed by atoms with Gasteiger partial charge in [0.25, 0.3) is 0 Å². The van der Waals surface area contributed by atoms with Gasteiger partial charge in [-0.05, 0) is 18.6 Å². The summed E-state index contributed by atoms with van der Waals surface area (Å²) < 4.78 is 0. The van der Waals surface area contributed by atoms with Gasteiger partial charge in [0.15, 0.2) is 0 Å². The summed E-state index contributed by atoms with van der Waals surface area (Å²) in [4.78, 5) is 0. The highest BCUT2D eigenvalue weighted by Crippen LogP contribution is 2.00. The van der Waals surface area contributed by atoms with Crippen molar-refractivity contribution in [2.45, 2.75) is 19.8 Å². The highest BCUT2D eigenvalue weighted by molar-refractivity contribution is 5.14. The second-order valence-electron chi connectivity index (χ2n) is 2.04. The van der Waals surface area contributed by atoms with E-state index in [1.54, 1.807) is 0 Å². The quantitative estimate of drug-likeness (QED) is 0.550. The van der Waals surface area contributed by atoms with Gasteiger partial charge in [0.2, 0.25) is 0 Å². The van der Waals surface area contributed by atoms with Crippen LogP contribution in [0.15, 0.2) is 29.8 Å². The molecule has 0 saturated heterocycles. The Hall–Kier alpha value is -0.940. The van der Waals surface area contributed by atoms with E-state index in [1.807, 2.05) is 18.4 Å². The first-order chi connectivity index (χ1) is 4.43. The van der Waals surface area contributed by atoms with Crippen LogP contribution in [0.25, 0.3) is 0 Å². The van der Waals surface area contributed by atoms with E-state index in [-0.39, 0.29) is 0 Å². The lowest BCUT2D eigenvalue weighted by Gasteiger charge is -2.02. The maximum absolute atomic E-state index is 3.11. The monoisotopic (exact) mass is 121 g/mol. The minimum absolute atomic E-state index is 1.10. The van der Waals surface area contributed by atoms with Crippen LogP contribution in [0.2, 0.25) is 0 Å². The molecule has 48 valence electrons. The summed E-state index contributed by atoms with van der Waals surface area (Å²) in [6.07, 6.45) is 8.08. The van der Waals surface area contributed by atoms with E-state index in [0.29, 0.717) is 0 Å². The van der Waals surface area contributed by atoms with Gasteiger partial charge in [-0.1, -0.05) is 19.1 Å². The fourth-order valence-electron chi connectivity index (χ4n) is 0.782. The molecule has 0 aromatic rings. The zero-order valence-corrected chi connectivity index (χ0v) is 5.65. The summed E-state index contributed by atoms with van der Waals surface area (Å²) >= 11 is 0. The molecule has 0 unspecified atom stereocenters. The molecule has 0 spiro atoms. The van der Waals surface area contributed by atoms with Crippen molar-refractivity contribution in [1.82, 2.24) is 5.32 Å². The smallest absolute Gasteiger partial charge is 0.0577 e. The van der Waals surface area contributed by atoms with Crippen molar-refractivity contribution in [1.29, 1.82) is 0 Å². The number of hydrogen-bond donors (Lipinski definition) is 1. The molecule has 0 atom stereocenters. The normalized spacial score (nSPS) is 15.0. The summed E-state index contributed by atoms with van der Waals surface area (Å²) in [7, 11) is 0. The third-order valence-electron chi connectivity index (χ3n) is 1.21. The molecule has 1 N–H and O–H groups in total. The minimum Gasteiger partial charge on any atom is -0.359 e. The van der Waals surface area contributed by atoms with E-state index in [9.17, 15) is 0 Å². The predicted octanol–water partition coefficient (Wildman–Crippen LogP) is 1.94. The van der Waals surface area contributed by atoms with Gasteiger partial charge in [-0.2, -0.15) is 0 Å². The molecule has 0 fully saturated rings. The first-order valence-electron chi connectivity index (χ1n) is 3.30. The third kappa shape index (κ3) is 1.79. The molecule has 1 heterocycles. The Morgan fingerprint density at radius 2 is 2.56 bits per heavy atom. The molecule has 1 rings (SSSR count). The van der Waals surface area contributed by atoms with Gasteiger partial charge < -0.3 is 5.32 Å². The van der Waals surface area contributed by atoms with Gasteiger partial charge in [0.1, 0.15) is 0 Å². The van der Waals surface area contributed by atoms with Crippen LogP contribution < -0.4 is 5.32 Å². The maximum atomic E-state index is 3.11. The molecule has 1 heteroatoms. The van der Waals surface area contributed by atoms with Crippen LogP contribution in [0.1, 0.15) is 19.8 Å². The van der Waals surface area contributed by atoms with Crippen molar-refractivity contribution in [3.05, 3.63) is 29.8 Å². The van der Waals surface area contributed by atoms with Gasteiger partial charge in [0.05, 0.1) is 5.70 Å². The Bertz CT molecular complexity index is 171. The lowest BCUT2D eigenvalue weighted by molar-refractivity contribution is 0.838. The molecule has 0 aromatic carbocycles. The first kappa shape index (κ1) is 6.18. The first-order valence-corrected chi connectivity index (χ1v) is 3.30. The van der Waals surface area contributed by atoms with Crippen molar-refractivity contribution in [3.8, 4) is 0 Å². The zero-order valence-electron chi connectivity index (χ0n) is 5.65. The van der Waals surface area contributed by atoms with E-state index in [4.69, 9.17) is 0 Å². The lowest BCUT2D eigenvalue weighted by Crippen LogP contribution is -2.04. The highest BCUT2D eigenvalue weighted by Gasteiger charge is 1.90. The molecule has 0 saturated carbocycles. The van der Waals surface area contributed by atoms with Crippen LogP contribution in [-0.4, -0.2) is 0 Å². The van der Waals surface area contributed by atoms with Gasteiger partial charge in [-0.3, -0.25) is 0 Å². The van der Waals surface area contributed by atoms with Crippen molar-refractivity contribution < 1.29 is 0 Å². The van der Waals surface area contributed by atoms with Crippen LogP contribution >= 0.6 is 0 Å². The standard InChI is InChI=1S/C8H11N/c1-2-5-8-6-3-4-7-9-8/h3-4,7,9H,2,5H2,1H3. The van der Waals surface area contributed by atoms with Crippen LogP contribution in [0.3, 0.4) is 0 Å². The summed E-state index contributed by atoms with van der Waals surface area (Å²) in [6.45, 7) is 2.16. The van der Waals surface area contributed by atoms with Crippen molar-refractivity contribution in [2.75, 3.05) is 0 Å². The number of nitrogens with one attached hydrogen (secondary N) is 1. The Morgan fingerprint density at radius 1 is 1.67 bits per heavy atom. The average Bonchev–Trinajstić information content (AvgIpc) is 1.91. The van der Waals surface area contributed by atoms with E-state index in [2.05, 4.69) is 18.0 Å². The molecule has 0 aliphatic carbocycles. The molecular formula is C8H11N. The molecule has 0 radical (unpaired) electrons. The van der Waals surface area contributed by atoms with Crippen LogP contribution in [0.4, 0.5) is 0 Å². The van der Waals surface area contributed by atoms with E-state index in [1.165, 1.54) is 12.1 Å². The number of allylic oxidation sites excluding steroid dienone is 2. The molecule has 0 bridgehead atoms. The molecule has 0 amide bonds. The fraction of sp³-hybridized carbons (Fsp3) is 0.375. The summed E-state index contributed by atoms with van der Waals surface area (Å²) in [6, 6.07) is 0. The molecular weight excluding hydrogens is 110 g/mol. The number of hydrogen-bond acceptors (Lipinski definition) is 1. The zero-order chi connectivity index (χ0) is 6.53. The van der Waals surface area contributed by atoms with Gasteiger partial charge >= 0.3 is 0 Å². The van der Waals surface area contributed by atoms with Crippen LogP contribution in [-0.2, 0) is 0 Å². The van der Waals surface area contributed by atoms with Crippen LogP contribution in [0.5, 0.6) is 0 Å². The molecule has 9 heavy (non-hydrogen) atoms. The van der Waals surface area contributed by atoms with Gasteiger partial charge in [-0.15, -0.1) is 0 Å². The van der Waals surface area contributed by atoms with Crippen molar-refractivity contribution in [2.24, 2.45) is 0 Å².